The molecule has 1 heterocycles. The molecule has 0 unspecified atom stereocenters. The van der Waals surface area contributed by atoms with Crippen molar-refractivity contribution in [3.63, 3.8) is 0 Å². The second kappa shape index (κ2) is 10.8. The first kappa shape index (κ1) is 23.8. The molecule has 180 valence electrons. The highest BCUT2D eigenvalue weighted by atomic mass is 16.2. The zero-order valence-corrected chi connectivity index (χ0v) is 20.8. The fourth-order valence-electron chi connectivity index (χ4n) is 5.10. The van der Waals surface area contributed by atoms with Crippen molar-refractivity contribution in [2.75, 3.05) is 20.1 Å². The summed E-state index contributed by atoms with van der Waals surface area (Å²) in [7, 11) is 1.86. The summed E-state index contributed by atoms with van der Waals surface area (Å²) in [4.78, 5) is 17.5. The van der Waals surface area contributed by atoms with Gasteiger partial charge in [0.05, 0.1) is 11.6 Å². The van der Waals surface area contributed by atoms with Crippen LogP contribution in [0.4, 0.5) is 0 Å². The van der Waals surface area contributed by atoms with E-state index in [9.17, 15) is 4.79 Å². The first-order valence-corrected chi connectivity index (χ1v) is 12.7. The zero-order chi connectivity index (χ0) is 24.9. The third-order valence-electron chi connectivity index (χ3n) is 7.12. The average molecular weight is 474 g/mol. The van der Waals surface area contributed by atoms with Crippen LogP contribution in [0.15, 0.2) is 84.9 Å². The summed E-state index contributed by atoms with van der Waals surface area (Å²) in [6.07, 6.45) is 3.96. The molecule has 0 radical (unpaired) electrons. The number of hydrogen-bond acceptors (Lipinski definition) is 3. The Bertz CT molecular complexity index is 1390. The minimum atomic E-state index is 0.0000927. The number of benzene rings is 4. The van der Waals surface area contributed by atoms with Gasteiger partial charge in [0.15, 0.2) is 0 Å². The molecule has 4 nitrogen and oxygen atoms in total. The number of piperidine rings is 1. The van der Waals surface area contributed by atoms with E-state index in [0.717, 1.165) is 23.2 Å². The van der Waals surface area contributed by atoms with Gasteiger partial charge in [-0.2, -0.15) is 5.26 Å². The van der Waals surface area contributed by atoms with E-state index in [-0.39, 0.29) is 5.91 Å². The van der Waals surface area contributed by atoms with E-state index >= 15 is 0 Å². The van der Waals surface area contributed by atoms with Crippen LogP contribution in [0.3, 0.4) is 0 Å². The maximum atomic E-state index is 13.2. The van der Waals surface area contributed by atoms with Gasteiger partial charge in [0.25, 0.3) is 5.91 Å². The normalized spacial score (nSPS) is 13.9. The minimum absolute atomic E-state index is 0.0000927. The van der Waals surface area contributed by atoms with Crippen LogP contribution in [-0.2, 0) is 13.1 Å². The molecule has 0 bridgehead atoms. The highest BCUT2D eigenvalue weighted by Gasteiger charge is 2.15. The topological polar surface area (TPSA) is 47.3 Å². The van der Waals surface area contributed by atoms with Crippen molar-refractivity contribution in [2.45, 2.75) is 32.4 Å². The lowest BCUT2D eigenvalue weighted by molar-refractivity contribution is 0.0785. The van der Waals surface area contributed by atoms with Crippen LogP contribution < -0.4 is 0 Å². The Kier molecular flexibility index (Phi) is 7.11. The van der Waals surface area contributed by atoms with Gasteiger partial charge in [-0.3, -0.25) is 9.69 Å². The van der Waals surface area contributed by atoms with Crippen LogP contribution >= 0.6 is 0 Å². The molecule has 5 rings (SSSR count). The largest absolute Gasteiger partial charge is 0.337 e. The van der Waals surface area contributed by atoms with Gasteiger partial charge in [0, 0.05) is 25.7 Å². The number of carbonyl (C=O) groups is 1. The maximum Gasteiger partial charge on any atom is 0.253 e. The molecule has 0 N–H and O–H groups in total. The molecular weight excluding hydrogens is 442 g/mol. The summed E-state index contributed by atoms with van der Waals surface area (Å²) >= 11 is 0. The number of likely N-dealkylation sites (tertiary alicyclic amines) is 1. The summed E-state index contributed by atoms with van der Waals surface area (Å²) in [6, 6.07) is 30.4. The molecule has 1 aliphatic rings. The van der Waals surface area contributed by atoms with E-state index in [1.165, 1.54) is 48.7 Å². The fraction of sp³-hybridized carbons (Fsp3) is 0.250. The van der Waals surface area contributed by atoms with Gasteiger partial charge in [0.2, 0.25) is 0 Å². The fourth-order valence-corrected chi connectivity index (χ4v) is 5.10. The molecule has 0 saturated carbocycles. The Morgan fingerprint density at radius 1 is 0.889 bits per heavy atom. The van der Waals surface area contributed by atoms with Crippen molar-refractivity contribution >= 4 is 16.7 Å². The quantitative estimate of drug-likeness (QED) is 0.315. The summed E-state index contributed by atoms with van der Waals surface area (Å²) < 4.78 is 0. The Morgan fingerprint density at radius 3 is 2.28 bits per heavy atom. The van der Waals surface area contributed by atoms with E-state index in [0.29, 0.717) is 17.7 Å². The molecule has 4 aromatic rings. The second-order valence-electron chi connectivity index (χ2n) is 9.74. The zero-order valence-electron chi connectivity index (χ0n) is 20.8. The van der Waals surface area contributed by atoms with Gasteiger partial charge in [-0.1, -0.05) is 61.0 Å². The van der Waals surface area contributed by atoms with E-state index in [2.05, 4.69) is 47.4 Å². The summed E-state index contributed by atoms with van der Waals surface area (Å²) in [5.74, 6) is 0.0000927. The van der Waals surface area contributed by atoms with Gasteiger partial charge in [-0.05, 0) is 89.3 Å². The predicted octanol–water partition coefficient (Wildman–Crippen LogP) is 6.64. The molecule has 36 heavy (non-hydrogen) atoms. The molecular formula is C32H31N3O. The average Bonchev–Trinajstić information content (AvgIpc) is 2.93. The van der Waals surface area contributed by atoms with Crippen LogP contribution in [0, 0.1) is 11.3 Å². The molecule has 1 fully saturated rings. The number of carbonyl (C=O) groups excluding carboxylic acids is 1. The van der Waals surface area contributed by atoms with E-state index < -0.39 is 0 Å². The predicted molar refractivity (Wildman–Crippen MR) is 145 cm³/mol. The van der Waals surface area contributed by atoms with Gasteiger partial charge >= 0.3 is 0 Å². The monoisotopic (exact) mass is 473 g/mol. The first-order valence-electron chi connectivity index (χ1n) is 12.7. The molecule has 4 heteroatoms. The smallest absolute Gasteiger partial charge is 0.253 e. The molecule has 0 aliphatic carbocycles. The van der Waals surface area contributed by atoms with Crippen LogP contribution in [-0.4, -0.2) is 35.8 Å². The molecule has 1 saturated heterocycles. The number of nitriles is 1. The van der Waals surface area contributed by atoms with Crippen molar-refractivity contribution in [3.8, 4) is 17.2 Å². The molecule has 0 spiro atoms. The van der Waals surface area contributed by atoms with Gasteiger partial charge in [-0.25, -0.2) is 0 Å². The van der Waals surface area contributed by atoms with Crippen molar-refractivity contribution in [2.24, 2.45) is 0 Å². The number of fused-ring (bicyclic) bond motifs is 1. The SMILES string of the molecule is CN(Cc1cccc2cc(CN3CCCCC3)ccc12)C(=O)c1ccc(-c2ccc(C#N)cc2)cc1. The van der Waals surface area contributed by atoms with Crippen molar-refractivity contribution in [1.29, 1.82) is 5.26 Å². The highest BCUT2D eigenvalue weighted by molar-refractivity contribution is 5.95. The minimum Gasteiger partial charge on any atom is -0.337 e. The Labute approximate surface area is 213 Å². The van der Waals surface area contributed by atoms with Gasteiger partial charge < -0.3 is 4.90 Å². The van der Waals surface area contributed by atoms with E-state index in [1.54, 1.807) is 4.90 Å². The molecule has 1 aliphatic heterocycles. The lowest BCUT2D eigenvalue weighted by atomic mass is 10.0. The lowest BCUT2D eigenvalue weighted by Crippen LogP contribution is -2.29. The number of rotatable bonds is 6. The van der Waals surface area contributed by atoms with Crippen LogP contribution in [0.2, 0.25) is 0 Å². The Hall–Kier alpha value is -3.94. The molecule has 0 aromatic heterocycles. The third kappa shape index (κ3) is 5.32. The third-order valence-corrected chi connectivity index (χ3v) is 7.12. The number of hydrogen-bond donors (Lipinski definition) is 0. The van der Waals surface area contributed by atoms with E-state index in [4.69, 9.17) is 5.26 Å². The van der Waals surface area contributed by atoms with Crippen molar-refractivity contribution in [3.05, 3.63) is 107 Å². The van der Waals surface area contributed by atoms with Crippen molar-refractivity contribution in [1.82, 2.24) is 9.80 Å². The highest BCUT2D eigenvalue weighted by Crippen LogP contribution is 2.24. The maximum absolute atomic E-state index is 13.2. The lowest BCUT2D eigenvalue weighted by Gasteiger charge is -2.26. The molecule has 0 atom stereocenters. The standard InChI is InChI=1S/C32H31N3O/c1-34(32(36)28-15-13-27(14-16-28)26-11-8-24(21-33)9-12-26)23-30-7-5-6-29-20-25(10-17-31(29)30)22-35-18-3-2-4-19-35/h5-17,20H,2-4,18-19,22-23H2,1H3. The van der Waals surface area contributed by atoms with Crippen molar-refractivity contribution < 1.29 is 4.79 Å². The first-order chi connectivity index (χ1) is 17.6. The van der Waals surface area contributed by atoms with Crippen LogP contribution in [0.25, 0.3) is 21.9 Å². The summed E-state index contributed by atoms with van der Waals surface area (Å²) in [5, 5.41) is 11.4. The second-order valence-corrected chi connectivity index (χ2v) is 9.74. The van der Waals surface area contributed by atoms with Gasteiger partial charge in [-0.15, -0.1) is 0 Å². The molecule has 1 amide bonds. The Morgan fingerprint density at radius 2 is 1.58 bits per heavy atom. The van der Waals surface area contributed by atoms with Crippen LogP contribution in [0.5, 0.6) is 0 Å². The van der Waals surface area contributed by atoms with E-state index in [1.807, 2.05) is 55.6 Å². The summed E-state index contributed by atoms with van der Waals surface area (Å²) in [5.41, 5.74) is 5.86. The number of amides is 1. The number of nitrogens with zero attached hydrogens (tertiary/aromatic N) is 3. The Balaban J connectivity index is 1.28. The van der Waals surface area contributed by atoms with Crippen LogP contribution in [0.1, 0.15) is 46.3 Å². The summed E-state index contributed by atoms with van der Waals surface area (Å²) in [6.45, 7) is 3.95. The molecule has 4 aromatic carbocycles. The van der Waals surface area contributed by atoms with Gasteiger partial charge in [0.1, 0.15) is 0 Å².